The second-order valence-electron chi connectivity index (χ2n) is 6.36. The van der Waals surface area contributed by atoms with Gasteiger partial charge in [-0.25, -0.2) is 13.1 Å². The van der Waals surface area contributed by atoms with Crippen molar-refractivity contribution in [2.45, 2.75) is 51.5 Å². The quantitative estimate of drug-likeness (QED) is 0.877. The number of rotatable bonds is 6. The van der Waals surface area contributed by atoms with Crippen LogP contribution >= 0.6 is 0 Å². The van der Waals surface area contributed by atoms with Crippen molar-refractivity contribution in [1.82, 2.24) is 4.72 Å². The van der Waals surface area contributed by atoms with Crippen molar-refractivity contribution >= 4 is 10.0 Å². The number of benzene rings is 1. The van der Waals surface area contributed by atoms with Crippen LogP contribution in [0, 0.1) is 5.92 Å². The molecule has 1 aromatic carbocycles. The summed E-state index contributed by atoms with van der Waals surface area (Å²) in [5, 5.41) is 0. The maximum atomic E-state index is 12.2. The van der Waals surface area contributed by atoms with E-state index in [9.17, 15) is 8.42 Å². The topological polar surface area (TPSA) is 55.4 Å². The summed E-state index contributed by atoms with van der Waals surface area (Å²) in [5.74, 6) is 1.15. The zero-order chi connectivity index (χ0) is 15.4. The maximum Gasteiger partial charge on any atom is 0.241 e. The number of hydrogen-bond acceptors (Lipinski definition) is 3. The second-order valence-corrected chi connectivity index (χ2v) is 8.04. The molecule has 0 spiro atoms. The third-order valence-corrected chi connectivity index (χ3v) is 4.28. The van der Waals surface area contributed by atoms with Crippen LogP contribution in [-0.4, -0.2) is 20.6 Å². The molecule has 0 saturated heterocycles. The standard InChI is InChI=1S/C15H25NO3S/c1-12(2)9-10-19-13-7-6-8-14(11-13)20(17,18)16-15(3,4)5/h6-8,11-12,16H,9-10H2,1-5H3. The minimum atomic E-state index is -3.51. The van der Waals surface area contributed by atoms with Crippen LogP contribution in [0.15, 0.2) is 29.2 Å². The van der Waals surface area contributed by atoms with E-state index in [1.165, 1.54) is 0 Å². The molecule has 0 radical (unpaired) electrons. The molecule has 4 nitrogen and oxygen atoms in total. The Balaban J connectivity index is 2.82. The van der Waals surface area contributed by atoms with Crippen molar-refractivity contribution in [3.63, 3.8) is 0 Å². The molecule has 1 aromatic rings. The largest absolute Gasteiger partial charge is 0.494 e. The van der Waals surface area contributed by atoms with Crippen LogP contribution in [0.1, 0.15) is 41.0 Å². The first kappa shape index (κ1) is 17.0. The van der Waals surface area contributed by atoms with Crippen molar-refractivity contribution in [3.05, 3.63) is 24.3 Å². The van der Waals surface area contributed by atoms with Crippen LogP contribution in [0.5, 0.6) is 5.75 Å². The fraction of sp³-hybridized carbons (Fsp3) is 0.600. The van der Waals surface area contributed by atoms with E-state index in [0.29, 0.717) is 18.3 Å². The Morgan fingerprint density at radius 3 is 2.45 bits per heavy atom. The lowest BCUT2D eigenvalue weighted by Crippen LogP contribution is -2.40. The molecule has 0 amide bonds. The van der Waals surface area contributed by atoms with Gasteiger partial charge in [-0.3, -0.25) is 0 Å². The summed E-state index contributed by atoms with van der Waals surface area (Å²) in [6, 6.07) is 6.61. The predicted octanol–water partition coefficient (Wildman–Crippen LogP) is 3.19. The first-order valence-corrected chi connectivity index (χ1v) is 8.35. The van der Waals surface area contributed by atoms with Crippen molar-refractivity contribution in [3.8, 4) is 5.75 Å². The van der Waals surface area contributed by atoms with Gasteiger partial charge in [-0.1, -0.05) is 19.9 Å². The highest BCUT2D eigenvalue weighted by atomic mass is 32.2. The van der Waals surface area contributed by atoms with E-state index in [4.69, 9.17) is 4.74 Å². The zero-order valence-corrected chi connectivity index (χ0v) is 13.8. The lowest BCUT2D eigenvalue weighted by Gasteiger charge is -2.20. The fourth-order valence-corrected chi connectivity index (χ4v) is 3.06. The summed E-state index contributed by atoms with van der Waals surface area (Å²) >= 11 is 0. The van der Waals surface area contributed by atoms with Crippen LogP contribution in [0.4, 0.5) is 0 Å². The molecule has 1 N–H and O–H groups in total. The van der Waals surface area contributed by atoms with Crippen molar-refractivity contribution in [2.75, 3.05) is 6.61 Å². The second kappa shape index (κ2) is 6.59. The molecule has 0 aromatic heterocycles. The molecule has 0 bridgehead atoms. The maximum absolute atomic E-state index is 12.2. The Hall–Kier alpha value is -1.07. The molecule has 114 valence electrons. The summed E-state index contributed by atoms with van der Waals surface area (Å²) < 4.78 is 32.7. The number of ether oxygens (including phenoxy) is 1. The van der Waals surface area contributed by atoms with E-state index in [1.54, 1.807) is 24.3 Å². The monoisotopic (exact) mass is 299 g/mol. The van der Waals surface area contributed by atoms with Gasteiger partial charge in [0.2, 0.25) is 10.0 Å². The fourth-order valence-electron chi connectivity index (χ4n) is 1.61. The molecule has 5 heteroatoms. The van der Waals surface area contributed by atoms with Crippen molar-refractivity contribution in [1.29, 1.82) is 0 Å². The minimum Gasteiger partial charge on any atom is -0.494 e. The summed E-state index contributed by atoms with van der Waals surface area (Å²) in [6.07, 6.45) is 0.942. The van der Waals surface area contributed by atoms with Gasteiger partial charge >= 0.3 is 0 Å². The van der Waals surface area contributed by atoms with Gasteiger partial charge < -0.3 is 4.74 Å². The normalized spacial score (nSPS) is 12.7. The molecular weight excluding hydrogens is 274 g/mol. The molecule has 1 rings (SSSR count). The van der Waals surface area contributed by atoms with Gasteiger partial charge in [0.1, 0.15) is 5.75 Å². The average Bonchev–Trinajstić information content (AvgIpc) is 2.25. The van der Waals surface area contributed by atoms with Gasteiger partial charge in [-0.05, 0) is 45.2 Å². The first-order chi connectivity index (χ1) is 9.10. The first-order valence-electron chi connectivity index (χ1n) is 6.87. The lowest BCUT2D eigenvalue weighted by atomic mass is 10.1. The highest BCUT2D eigenvalue weighted by Crippen LogP contribution is 2.19. The summed E-state index contributed by atoms with van der Waals surface area (Å²) in [7, 11) is -3.51. The van der Waals surface area contributed by atoms with Gasteiger partial charge in [0, 0.05) is 11.6 Å². The number of sulfonamides is 1. The molecule has 0 saturated carbocycles. The van der Waals surface area contributed by atoms with E-state index < -0.39 is 15.6 Å². The summed E-state index contributed by atoms with van der Waals surface area (Å²) in [5.41, 5.74) is -0.507. The van der Waals surface area contributed by atoms with Crippen LogP contribution in [0.25, 0.3) is 0 Å². The Labute approximate surface area is 122 Å². The van der Waals surface area contributed by atoms with E-state index in [0.717, 1.165) is 6.42 Å². The van der Waals surface area contributed by atoms with Gasteiger partial charge in [0.25, 0.3) is 0 Å². The Kier molecular flexibility index (Phi) is 5.59. The molecule has 0 aliphatic carbocycles. The molecule has 0 unspecified atom stereocenters. The zero-order valence-electron chi connectivity index (χ0n) is 12.9. The number of nitrogens with one attached hydrogen (secondary N) is 1. The Morgan fingerprint density at radius 2 is 1.90 bits per heavy atom. The minimum absolute atomic E-state index is 0.231. The Bertz CT molecular complexity index is 530. The van der Waals surface area contributed by atoms with Crippen molar-refractivity contribution < 1.29 is 13.2 Å². The molecule has 0 atom stereocenters. The van der Waals surface area contributed by atoms with Gasteiger partial charge in [0.15, 0.2) is 0 Å². The van der Waals surface area contributed by atoms with Crippen LogP contribution in [0.3, 0.4) is 0 Å². The van der Waals surface area contributed by atoms with E-state index in [1.807, 2.05) is 20.8 Å². The van der Waals surface area contributed by atoms with Crippen LogP contribution in [0.2, 0.25) is 0 Å². The van der Waals surface area contributed by atoms with E-state index in [2.05, 4.69) is 18.6 Å². The third-order valence-electron chi connectivity index (χ3n) is 2.52. The molecule has 0 fully saturated rings. The van der Waals surface area contributed by atoms with Gasteiger partial charge in [0.05, 0.1) is 11.5 Å². The van der Waals surface area contributed by atoms with Crippen molar-refractivity contribution in [2.24, 2.45) is 5.92 Å². The average molecular weight is 299 g/mol. The molecule has 0 aliphatic rings. The predicted molar refractivity (Wildman–Crippen MR) is 81.5 cm³/mol. The lowest BCUT2D eigenvalue weighted by molar-refractivity contribution is 0.289. The molecular formula is C15H25NO3S. The van der Waals surface area contributed by atoms with E-state index >= 15 is 0 Å². The highest BCUT2D eigenvalue weighted by molar-refractivity contribution is 7.89. The molecule has 20 heavy (non-hydrogen) atoms. The smallest absolute Gasteiger partial charge is 0.241 e. The highest BCUT2D eigenvalue weighted by Gasteiger charge is 2.22. The summed E-state index contributed by atoms with van der Waals surface area (Å²) in [6.45, 7) is 10.3. The van der Waals surface area contributed by atoms with E-state index in [-0.39, 0.29) is 4.90 Å². The van der Waals surface area contributed by atoms with Crippen LogP contribution < -0.4 is 9.46 Å². The molecule has 0 aliphatic heterocycles. The van der Waals surface area contributed by atoms with Crippen LogP contribution in [-0.2, 0) is 10.0 Å². The Morgan fingerprint density at radius 1 is 1.25 bits per heavy atom. The molecule has 0 heterocycles. The summed E-state index contributed by atoms with van der Waals surface area (Å²) in [4.78, 5) is 0.231. The number of hydrogen-bond donors (Lipinski definition) is 1. The van der Waals surface area contributed by atoms with Gasteiger partial charge in [-0.15, -0.1) is 0 Å². The third kappa shape index (κ3) is 5.92. The SMILES string of the molecule is CC(C)CCOc1cccc(S(=O)(=O)NC(C)(C)C)c1. The van der Waals surface area contributed by atoms with Gasteiger partial charge in [-0.2, -0.15) is 0 Å².